The Kier molecular flexibility index (Phi) is 11.5. The van der Waals surface area contributed by atoms with E-state index in [2.05, 4.69) is 39.4 Å². The minimum atomic E-state index is -0.869. The Labute approximate surface area is 270 Å². The fraction of sp³-hybridized carbons (Fsp3) is 0.297. The van der Waals surface area contributed by atoms with E-state index in [4.69, 9.17) is 19.3 Å². The molecule has 9 nitrogen and oxygen atoms in total. The van der Waals surface area contributed by atoms with Crippen molar-refractivity contribution in [1.29, 1.82) is 0 Å². The largest absolute Gasteiger partial charge is 0.495 e. The number of carboxylic acids is 1. The van der Waals surface area contributed by atoms with Gasteiger partial charge in [0, 0.05) is 51.1 Å². The molecule has 0 bridgehead atoms. The number of methoxy groups -OCH3 is 1. The first kappa shape index (κ1) is 32.4. The smallest absolute Gasteiger partial charge is 0.303 e. The van der Waals surface area contributed by atoms with Crippen LogP contribution in [0.25, 0.3) is 0 Å². The van der Waals surface area contributed by atoms with Gasteiger partial charge in [-0.2, -0.15) is 0 Å². The normalized spacial score (nSPS) is 13.9. The molecule has 1 unspecified atom stereocenters. The van der Waals surface area contributed by atoms with Crippen LogP contribution in [0.5, 0.6) is 17.2 Å². The third-order valence-electron chi connectivity index (χ3n) is 8.00. The first-order valence-corrected chi connectivity index (χ1v) is 15.7. The van der Waals surface area contributed by atoms with Crippen LogP contribution < -0.4 is 24.4 Å². The molecule has 0 saturated carbocycles. The van der Waals surface area contributed by atoms with E-state index in [1.807, 2.05) is 42.5 Å². The molecule has 1 saturated heterocycles. The Morgan fingerprint density at radius 2 is 1.50 bits per heavy atom. The standard InChI is InChI=1S/C37H41N3O6/c1-44-35-15-8-6-13-32(35)40-25-23-39(24-26-40)22-21-33(28-10-3-2-4-11-28)46-30-19-17-29(18-20-30)37(43)38-31-12-5-7-14-34(31)45-27-9-16-36(41)42/h2-8,10-15,17-20,33H,9,16,21-27H2,1H3,(H,38,43)(H,41,42). The van der Waals surface area contributed by atoms with Gasteiger partial charge in [-0.05, 0) is 60.5 Å². The molecule has 1 heterocycles. The molecule has 4 aromatic rings. The topological polar surface area (TPSA) is 101 Å². The maximum Gasteiger partial charge on any atom is 0.303 e. The summed E-state index contributed by atoms with van der Waals surface area (Å²) in [6.07, 6.45) is 1.09. The molecule has 0 spiro atoms. The Hall–Kier alpha value is -5.02. The predicted molar refractivity (Wildman–Crippen MR) is 179 cm³/mol. The molecule has 46 heavy (non-hydrogen) atoms. The Bertz CT molecular complexity index is 1560. The molecule has 0 radical (unpaired) electrons. The first-order valence-electron chi connectivity index (χ1n) is 15.7. The lowest BCUT2D eigenvalue weighted by molar-refractivity contribution is -0.137. The molecular weight excluding hydrogens is 582 g/mol. The van der Waals surface area contributed by atoms with Crippen molar-refractivity contribution in [2.75, 3.05) is 56.7 Å². The van der Waals surface area contributed by atoms with Gasteiger partial charge in [0.1, 0.15) is 23.4 Å². The van der Waals surface area contributed by atoms with Crippen molar-refractivity contribution in [1.82, 2.24) is 4.90 Å². The maximum absolute atomic E-state index is 13.1. The zero-order valence-corrected chi connectivity index (χ0v) is 26.1. The number of carbonyl (C=O) groups is 2. The molecule has 1 amide bonds. The second kappa shape index (κ2) is 16.3. The highest BCUT2D eigenvalue weighted by Gasteiger charge is 2.22. The number of nitrogens with one attached hydrogen (secondary N) is 1. The number of para-hydroxylation sites is 4. The second-order valence-corrected chi connectivity index (χ2v) is 11.1. The number of benzene rings is 4. The number of carboxylic acid groups (broad SMARTS) is 1. The summed E-state index contributed by atoms with van der Waals surface area (Å²) in [5, 5.41) is 11.7. The van der Waals surface area contributed by atoms with Crippen LogP contribution in [0.3, 0.4) is 0 Å². The summed E-state index contributed by atoms with van der Waals surface area (Å²) in [4.78, 5) is 28.7. The summed E-state index contributed by atoms with van der Waals surface area (Å²) in [5.41, 5.74) is 3.25. The van der Waals surface area contributed by atoms with E-state index < -0.39 is 5.97 Å². The molecular formula is C37H41N3O6. The number of aliphatic carboxylic acids is 1. The van der Waals surface area contributed by atoms with Crippen LogP contribution in [0.15, 0.2) is 103 Å². The van der Waals surface area contributed by atoms with Crippen molar-refractivity contribution in [3.05, 3.63) is 114 Å². The lowest BCUT2D eigenvalue weighted by Crippen LogP contribution is -2.47. The molecule has 9 heteroatoms. The summed E-state index contributed by atoms with van der Waals surface area (Å²) >= 11 is 0. The van der Waals surface area contributed by atoms with Gasteiger partial charge in [-0.15, -0.1) is 0 Å². The lowest BCUT2D eigenvalue weighted by atomic mass is 10.1. The van der Waals surface area contributed by atoms with E-state index in [9.17, 15) is 9.59 Å². The zero-order valence-electron chi connectivity index (χ0n) is 26.1. The van der Waals surface area contributed by atoms with Crippen LogP contribution in [0, 0.1) is 0 Å². The van der Waals surface area contributed by atoms with Crippen LogP contribution in [-0.2, 0) is 4.79 Å². The van der Waals surface area contributed by atoms with Crippen molar-refractivity contribution >= 4 is 23.3 Å². The van der Waals surface area contributed by atoms with Gasteiger partial charge < -0.3 is 29.5 Å². The Morgan fingerprint density at radius 3 is 2.22 bits per heavy atom. The fourth-order valence-electron chi connectivity index (χ4n) is 5.51. The van der Waals surface area contributed by atoms with E-state index >= 15 is 0 Å². The molecule has 2 N–H and O–H groups in total. The van der Waals surface area contributed by atoms with Gasteiger partial charge in [0.05, 0.1) is 25.1 Å². The van der Waals surface area contributed by atoms with Crippen LogP contribution in [0.4, 0.5) is 11.4 Å². The van der Waals surface area contributed by atoms with Crippen LogP contribution in [0.1, 0.15) is 41.3 Å². The second-order valence-electron chi connectivity index (χ2n) is 11.1. The van der Waals surface area contributed by atoms with Crippen molar-refractivity contribution in [2.24, 2.45) is 0 Å². The van der Waals surface area contributed by atoms with Gasteiger partial charge in [0.15, 0.2) is 0 Å². The van der Waals surface area contributed by atoms with Gasteiger partial charge in [-0.3, -0.25) is 14.5 Å². The first-order chi connectivity index (χ1) is 22.5. The van der Waals surface area contributed by atoms with Gasteiger partial charge in [0.2, 0.25) is 0 Å². The van der Waals surface area contributed by atoms with Crippen LogP contribution in [0.2, 0.25) is 0 Å². The Morgan fingerprint density at radius 1 is 0.826 bits per heavy atom. The molecule has 1 atom stereocenters. The molecule has 240 valence electrons. The molecule has 5 rings (SSSR count). The number of anilines is 2. The highest BCUT2D eigenvalue weighted by Crippen LogP contribution is 2.30. The van der Waals surface area contributed by atoms with Crippen molar-refractivity contribution in [3.63, 3.8) is 0 Å². The number of carbonyl (C=O) groups excluding carboxylic acids is 1. The number of rotatable bonds is 15. The van der Waals surface area contributed by atoms with Crippen LogP contribution in [-0.4, -0.2) is 68.3 Å². The number of ether oxygens (including phenoxy) is 3. The van der Waals surface area contributed by atoms with E-state index in [1.54, 1.807) is 43.5 Å². The van der Waals surface area contributed by atoms with Gasteiger partial charge >= 0.3 is 5.97 Å². The number of hydrogen-bond acceptors (Lipinski definition) is 7. The van der Waals surface area contributed by atoms with Crippen molar-refractivity contribution < 1.29 is 28.9 Å². The zero-order chi connectivity index (χ0) is 32.1. The van der Waals surface area contributed by atoms with Gasteiger partial charge in [-0.1, -0.05) is 54.6 Å². The summed E-state index contributed by atoms with van der Waals surface area (Å²) in [5.74, 6) is 0.939. The van der Waals surface area contributed by atoms with E-state index in [0.29, 0.717) is 29.2 Å². The monoisotopic (exact) mass is 623 g/mol. The van der Waals surface area contributed by atoms with Crippen LogP contribution >= 0.6 is 0 Å². The quantitative estimate of drug-likeness (QED) is 0.144. The molecule has 0 aliphatic carbocycles. The van der Waals surface area contributed by atoms with E-state index in [1.165, 1.54) is 0 Å². The van der Waals surface area contributed by atoms with E-state index in [-0.39, 0.29) is 25.0 Å². The maximum atomic E-state index is 13.1. The van der Waals surface area contributed by atoms with Gasteiger partial charge in [-0.25, -0.2) is 0 Å². The predicted octanol–water partition coefficient (Wildman–Crippen LogP) is 6.52. The van der Waals surface area contributed by atoms with Crippen molar-refractivity contribution in [2.45, 2.75) is 25.4 Å². The molecule has 1 fully saturated rings. The van der Waals surface area contributed by atoms with E-state index in [0.717, 1.165) is 56.1 Å². The molecule has 0 aromatic heterocycles. The lowest BCUT2D eigenvalue weighted by Gasteiger charge is -2.37. The fourth-order valence-corrected chi connectivity index (χ4v) is 5.51. The summed E-state index contributed by atoms with van der Waals surface area (Å²) in [7, 11) is 1.72. The highest BCUT2D eigenvalue weighted by atomic mass is 16.5. The number of hydrogen-bond donors (Lipinski definition) is 2. The highest BCUT2D eigenvalue weighted by molar-refractivity contribution is 6.05. The number of piperazine rings is 1. The minimum Gasteiger partial charge on any atom is -0.495 e. The number of amides is 1. The molecule has 1 aliphatic rings. The van der Waals surface area contributed by atoms with Crippen molar-refractivity contribution in [3.8, 4) is 17.2 Å². The Balaban J connectivity index is 1.17. The molecule has 4 aromatic carbocycles. The summed E-state index contributed by atoms with van der Waals surface area (Å²) in [6.45, 7) is 4.93. The number of nitrogens with zero attached hydrogens (tertiary/aromatic N) is 2. The molecule has 1 aliphatic heterocycles. The SMILES string of the molecule is COc1ccccc1N1CCN(CCC(Oc2ccc(C(=O)Nc3ccccc3OCCCC(=O)O)cc2)c2ccccc2)CC1. The third-order valence-corrected chi connectivity index (χ3v) is 8.00. The summed E-state index contributed by atoms with van der Waals surface area (Å²) in [6, 6.07) is 32.7. The minimum absolute atomic E-state index is 0.0236. The average Bonchev–Trinajstić information content (AvgIpc) is 3.10. The third kappa shape index (κ3) is 9.01. The van der Waals surface area contributed by atoms with Gasteiger partial charge in [0.25, 0.3) is 5.91 Å². The average molecular weight is 624 g/mol. The summed E-state index contributed by atoms with van der Waals surface area (Å²) < 4.78 is 17.8.